The average molecular weight is 292 g/mol. The molecule has 0 aliphatic rings. The summed E-state index contributed by atoms with van der Waals surface area (Å²) < 4.78 is 0. The zero-order valence-electron chi connectivity index (χ0n) is 12.8. The summed E-state index contributed by atoms with van der Waals surface area (Å²) in [6, 6.07) is 6.82. The lowest BCUT2D eigenvalue weighted by Crippen LogP contribution is -2.41. The largest absolute Gasteiger partial charge is 0.342 e. The average Bonchev–Trinajstić information content (AvgIpc) is 2.46. The third-order valence-electron chi connectivity index (χ3n) is 3.19. The highest BCUT2D eigenvalue weighted by molar-refractivity contribution is 5.92. The molecule has 0 bridgehead atoms. The van der Waals surface area contributed by atoms with E-state index in [4.69, 9.17) is 5.73 Å². The van der Waals surface area contributed by atoms with Crippen molar-refractivity contribution in [2.45, 2.75) is 26.8 Å². The number of likely N-dealkylation sites (N-methyl/N-ethyl adjacent to an activating group) is 1. The molecule has 0 heterocycles. The number of carbonyl (C=O) groups excluding carboxylic acids is 2. The Balaban J connectivity index is 2.51. The molecule has 0 saturated heterocycles. The van der Waals surface area contributed by atoms with Crippen LogP contribution in [0.15, 0.2) is 24.3 Å². The Kier molecular flexibility index (Phi) is 6.68. The molecule has 4 N–H and O–H groups in total. The third-order valence-corrected chi connectivity index (χ3v) is 3.19. The minimum atomic E-state index is -0.405. The van der Waals surface area contributed by atoms with Crippen LogP contribution in [0.25, 0.3) is 0 Å². The molecule has 1 atom stereocenters. The van der Waals surface area contributed by atoms with Crippen molar-refractivity contribution in [3.63, 3.8) is 0 Å². The number of nitrogens with one attached hydrogen (secondary N) is 2. The number of anilines is 1. The van der Waals surface area contributed by atoms with Gasteiger partial charge in [-0.3, -0.25) is 4.79 Å². The molecule has 0 aliphatic heterocycles. The molecule has 0 spiro atoms. The molecule has 0 aliphatic carbocycles. The van der Waals surface area contributed by atoms with Gasteiger partial charge in [0, 0.05) is 24.8 Å². The van der Waals surface area contributed by atoms with E-state index in [1.807, 2.05) is 39.0 Å². The minimum Gasteiger partial charge on any atom is -0.342 e. The van der Waals surface area contributed by atoms with E-state index < -0.39 is 6.03 Å². The van der Waals surface area contributed by atoms with Crippen LogP contribution in [0.3, 0.4) is 0 Å². The predicted octanol–water partition coefficient (Wildman–Crippen LogP) is 1.70. The van der Waals surface area contributed by atoms with Gasteiger partial charge in [0.15, 0.2) is 0 Å². The van der Waals surface area contributed by atoms with Crippen LogP contribution in [0.4, 0.5) is 10.5 Å². The summed E-state index contributed by atoms with van der Waals surface area (Å²) >= 11 is 0. The number of amides is 3. The molecule has 3 amide bonds. The Morgan fingerprint density at radius 3 is 2.52 bits per heavy atom. The van der Waals surface area contributed by atoms with Gasteiger partial charge in [0.05, 0.1) is 6.54 Å². The molecule has 6 nitrogen and oxygen atoms in total. The summed E-state index contributed by atoms with van der Waals surface area (Å²) in [6.45, 7) is 6.94. The Labute approximate surface area is 125 Å². The smallest absolute Gasteiger partial charge is 0.319 e. The number of hydrogen-bond donors (Lipinski definition) is 3. The molecule has 0 saturated carbocycles. The van der Waals surface area contributed by atoms with Crippen LogP contribution in [0.5, 0.6) is 0 Å². The van der Waals surface area contributed by atoms with Gasteiger partial charge >= 0.3 is 6.03 Å². The van der Waals surface area contributed by atoms with E-state index >= 15 is 0 Å². The number of benzene rings is 1. The maximum Gasteiger partial charge on any atom is 0.319 e. The first-order valence-electron chi connectivity index (χ1n) is 7.16. The van der Waals surface area contributed by atoms with Crippen molar-refractivity contribution in [3.05, 3.63) is 29.8 Å². The molecule has 21 heavy (non-hydrogen) atoms. The number of carbonyl (C=O) groups is 2. The highest BCUT2D eigenvalue weighted by Gasteiger charge is 2.11. The van der Waals surface area contributed by atoms with Gasteiger partial charge in [0.2, 0.25) is 5.91 Å². The number of nitrogens with zero attached hydrogens (tertiary/aromatic N) is 1. The number of urea groups is 1. The molecular formula is C15H24N4O2. The van der Waals surface area contributed by atoms with Crippen LogP contribution in [-0.4, -0.2) is 36.5 Å². The monoisotopic (exact) mass is 292 g/mol. The maximum absolute atomic E-state index is 11.8. The lowest BCUT2D eigenvalue weighted by atomic mass is 10.1. The second kappa shape index (κ2) is 8.26. The quantitative estimate of drug-likeness (QED) is 0.745. The Hall–Kier alpha value is -2.08. The van der Waals surface area contributed by atoms with Crippen LogP contribution < -0.4 is 16.4 Å². The zero-order valence-corrected chi connectivity index (χ0v) is 12.8. The number of hydrogen-bond acceptors (Lipinski definition) is 3. The van der Waals surface area contributed by atoms with E-state index in [1.54, 1.807) is 11.0 Å². The van der Waals surface area contributed by atoms with Crippen molar-refractivity contribution in [1.82, 2.24) is 10.2 Å². The van der Waals surface area contributed by atoms with E-state index in [2.05, 4.69) is 10.6 Å². The van der Waals surface area contributed by atoms with Gasteiger partial charge in [-0.1, -0.05) is 12.1 Å². The van der Waals surface area contributed by atoms with E-state index in [0.29, 0.717) is 18.8 Å². The van der Waals surface area contributed by atoms with Crippen molar-refractivity contribution in [1.29, 1.82) is 0 Å². The van der Waals surface area contributed by atoms with Gasteiger partial charge in [0.1, 0.15) is 0 Å². The van der Waals surface area contributed by atoms with E-state index in [0.717, 1.165) is 5.56 Å². The molecule has 0 aromatic heterocycles. The Morgan fingerprint density at radius 1 is 1.29 bits per heavy atom. The van der Waals surface area contributed by atoms with Gasteiger partial charge in [-0.2, -0.15) is 0 Å². The standard InChI is InChI=1S/C15H24N4O2/c1-4-19(5-2)14(20)10-17-15(21)18-13-8-6-7-12(9-13)11(3)16/h6-9,11H,4-5,10,16H2,1-3H3,(H2,17,18,21). The summed E-state index contributed by atoms with van der Waals surface area (Å²) in [6.07, 6.45) is 0. The summed E-state index contributed by atoms with van der Waals surface area (Å²) in [4.78, 5) is 25.2. The second-order valence-electron chi connectivity index (χ2n) is 4.79. The lowest BCUT2D eigenvalue weighted by molar-refractivity contribution is -0.129. The van der Waals surface area contributed by atoms with E-state index in [-0.39, 0.29) is 18.5 Å². The molecule has 0 fully saturated rings. The van der Waals surface area contributed by atoms with Gasteiger partial charge < -0.3 is 21.3 Å². The fourth-order valence-electron chi connectivity index (χ4n) is 1.92. The fourth-order valence-corrected chi connectivity index (χ4v) is 1.92. The topological polar surface area (TPSA) is 87.5 Å². The van der Waals surface area contributed by atoms with Crippen LogP contribution in [0, 0.1) is 0 Å². The summed E-state index contributed by atoms with van der Waals surface area (Å²) in [5.41, 5.74) is 7.38. The normalized spacial score (nSPS) is 11.6. The molecule has 1 aromatic carbocycles. The summed E-state index contributed by atoms with van der Waals surface area (Å²) in [5, 5.41) is 5.25. The van der Waals surface area contributed by atoms with Crippen molar-refractivity contribution in [3.8, 4) is 0 Å². The highest BCUT2D eigenvalue weighted by atomic mass is 16.2. The molecule has 6 heteroatoms. The SMILES string of the molecule is CCN(CC)C(=O)CNC(=O)Nc1cccc(C(C)N)c1. The lowest BCUT2D eigenvalue weighted by Gasteiger charge is -2.18. The van der Waals surface area contributed by atoms with Gasteiger partial charge in [0.25, 0.3) is 0 Å². The predicted molar refractivity (Wildman–Crippen MR) is 84.0 cm³/mol. The third kappa shape index (κ3) is 5.43. The summed E-state index contributed by atoms with van der Waals surface area (Å²) in [5.74, 6) is -0.0977. The number of rotatable bonds is 6. The van der Waals surface area contributed by atoms with E-state index in [1.165, 1.54) is 0 Å². The maximum atomic E-state index is 11.8. The molecule has 0 radical (unpaired) electrons. The van der Waals surface area contributed by atoms with Crippen LogP contribution in [-0.2, 0) is 4.79 Å². The van der Waals surface area contributed by atoms with E-state index in [9.17, 15) is 9.59 Å². The molecule has 116 valence electrons. The van der Waals surface area contributed by atoms with Crippen molar-refractivity contribution in [2.75, 3.05) is 25.0 Å². The van der Waals surface area contributed by atoms with Crippen LogP contribution in [0.1, 0.15) is 32.4 Å². The van der Waals surface area contributed by atoms with Gasteiger partial charge in [-0.05, 0) is 38.5 Å². The fraction of sp³-hybridized carbons (Fsp3) is 0.467. The van der Waals surface area contributed by atoms with Crippen molar-refractivity contribution in [2.24, 2.45) is 5.73 Å². The van der Waals surface area contributed by atoms with Gasteiger partial charge in [-0.25, -0.2) is 4.79 Å². The molecule has 1 rings (SSSR count). The first-order chi connectivity index (χ1) is 9.97. The summed E-state index contributed by atoms with van der Waals surface area (Å²) in [7, 11) is 0. The van der Waals surface area contributed by atoms with Crippen LogP contribution >= 0.6 is 0 Å². The minimum absolute atomic E-state index is 0.0134. The number of nitrogens with two attached hydrogens (primary N) is 1. The first-order valence-corrected chi connectivity index (χ1v) is 7.16. The Bertz CT molecular complexity index is 484. The van der Waals surface area contributed by atoms with Crippen molar-refractivity contribution < 1.29 is 9.59 Å². The van der Waals surface area contributed by atoms with Crippen LogP contribution in [0.2, 0.25) is 0 Å². The first kappa shape index (κ1) is 17.0. The molecular weight excluding hydrogens is 268 g/mol. The van der Waals surface area contributed by atoms with Gasteiger partial charge in [-0.15, -0.1) is 0 Å². The zero-order chi connectivity index (χ0) is 15.8. The Morgan fingerprint density at radius 2 is 1.95 bits per heavy atom. The molecule has 1 unspecified atom stereocenters. The molecule has 1 aromatic rings. The highest BCUT2D eigenvalue weighted by Crippen LogP contribution is 2.15. The van der Waals surface area contributed by atoms with Crippen molar-refractivity contribution >= 4 is 17.6 Å². The second-order valence-corrected chi connectivity index (χ2v) is 4.79.